The summed E-state index contributed by atoms with van der Waals surface area (Å²) in [6.45, 7) is 4.16. The molecule has 0 bridgehead atoms. The molecule has 28 heavy (non-hydrogen) atoms. The number of thiophene rings is 1. The molecule has 3 heterocycles. The summed E-state index contributed by atoms with van der Waals surface area (Å²) in [5.41, 5.74) is 1.50. The Morgan fingerprint density at radius 1 is 1.25 bits per heavy atom. The quantitative estimate of drug-likeness (QED) is 0.457. The van der Waals surface area contributed by atoms with Gasteiger partial charge in [0, 0.05) is 34.5 Å². The zero-order valence-corrected chi connectivity index (χ0v) is 18.0. The maximum Gasteiger partial charge on any atom is 0.260 e. The van der Waals surface area contributed by atoms with Crippen molar-refractivity contribution in [1.29, 1.82) is 0 Å². The van der Waals surface area contributed by atoms with Crippen molar-refractivity contribution in [2.24, 2.45) is 7.05 Å². The Kier molecular flexibility index (Phi) is 5.27. The summed E-state index contributed by atoms with van der Waals surface area (Å²) in [6.07, 6.45) is 0. The van der Waals surface area contributed by atoms with Crippen molar-refractivity contribution in [2.75, 3.05) is 0 Å². The van der Waals surface area contributed by atoms with Gasteiger partial charge in [0.15, 0.2) is 5.16 Å². The van der Waals surface area contributed by atoms with Gasteiger partial charge in [0.05, 0.1) is 11.1 Å². The van der Waals surface area contributed by atoms with Gasteiger partial charge in [0.25, 0.3) is 5.56 Å². The van der Waals surface area contributed by atoms with Crippen LogP contribution in [0, 0.1) is 0 Å². The molecule has 4 aromatic rings. The standard InChI is InChI=1S/C19H18ClN5OS2/c1-10(2)16-23-24-19(25(16)3)28-9-14-21-17(26)15-12(8-27-18(15)22-14)11-6-4-5-7-13(11)20/h4-8,10H,9H2,1-3H3,(H,21,22,26). The van der Waals surface area contributed by atoms with E-state index in [2.05, 4.69) is 34.0 Å². The van der Waals surface area contributed by atoms with Gasteiger partial charge in [-0.3, -0.25) is 4.79 Å². The molecule has 6 nitrogen and oxygen atoms in total. The highest BCUT2D eigenvalue weighted by atomic mass is 35.5. The molecular weight excluding hydrogens is 414 g/mol. The predicted octanol–water partition coefficient (Wildman–Crippen LogP) is 4.85. The van der Waals surface area contributed by atoms with Crippen LogP contribution in [0.25, 0.3) is 21.3 Å². The molecule has 0 aliphatic heterocycles. The van der Waals surface area contributed by atoms with Crippen molar-refractivity contribution < 1.29 is 0 Å². The molecule has 0 spiro atoms. The molecule has 0 radical (unpaired) electrons. The number of aromatic amines is 1. The fraction of sp³-hybridized carbons (Fsp3) is 0.263. The average molecular weight is 432 g/mol. The minimum absolute atomic E-state index is 0.155. The fourth-order valence-electron chi connectivity index (χ4n) is 3.03. The number of nitrogens with zero attached hydrogens (tertiary/aromatic N) is 4. The molecule has 0 unspecified atom stereocenters. The van der Waals surface area contributed by atoms with Crippen LogP contribution in [0.4, 0.5) is 0 Å². The third-order valence-electron chi connectivity index (χ3n) is 4.38. The summed E-state index contributed by atoms with van der Waals surface area (Å²) in [5, 5.41) is 12.4. The Labute approximate surface area is 175 Å². The van der Waals surface area contributed by atoms with Crippen LogP contribution in [0.3, 0.4) is 0 Å². The van der Waals surface area contributed by atoms with Crippen LogP contribution >= 0.6 is 34.7 Å². The summed E-state index contributed by atoms with van der Waals surface area (Å²) < 4.78 is 1.98. The highest BCUT2D eigenvalue weighted by Crippen LogP contribution is 2.35. The number of nitrogens with one attached hydrogen (secondary N) is 1. The number of hydrogen-bond donors (Lipinski definition) is 1. The van der Waals surface area contributed by atoms with Gasteiger partial charge >= 0.3 is 0 Å². The Morgan fingerprint density at radius 3 is 2.75 bits per heavy atom. The smallest absolute Gasteiger partial charge is 0.260 e. The van der Waals surface area contributed by atoms with Gasteiger partial charge in [-0.1, -0.05) is 55.4 Å². The number of hydrogen-bond acceptors (Lipinski definition) is 6. The largest absolute Gasteiger partial charge is 0.309 e. The van der Waals surface area contributed by atoms with Crippen LogP contribution in [0.2, 0.25) is 5.02 Å². The molecule has 9 heteroatoms. The lowest BCUT2D eigenvalue weighted by molar-refractivity contribution is 0.679. The predicted molar refractivity (Wildman–Crippen MR) is 115 cm³/mol. The lowest BCUT2D eigenvalue weighted by Crippen LogP contribution is -2.11. The first-order valence-corrected chi connectivity index (χ1v) is 11.0. The van der Waals surface area contributed by atoms with Gasteiger partial charge in [-0.15, -0.1) is 21.5 Å². The molecular formula is C19H18ClN5OS2. The molecule has 0 fully saturated rings. The molecule has 1 aromatic carbocycles. The number of aromatic nitrogens is 5. The first-order valence-electron chi connectivity index (χ1n) is 8.73. The molecule has 0 atom stereocenters. The Balaban J connectivity index is 1.64. The SMILES string of the molecule is CC(C)c1nnc(SCc2nc3scc(-c4ccccc4Cl)c3c(=O)[nH]2)n1C. The van der Waals surface area contributed by atoms with E-state index in [4.69, 9.17) is 11.6 Å². The molecule has 0 amide bonds. The van der Waals surface area contributed by atoms with Crippen molar-refractivity contribution in [3.63, 3.8) is 0 Å². The first kappa shape index (κ1) is 19.2. The van der Waals surface area contributed by atoms with Gasteiger partial charge in [-0.2, -0.15) is 0 Å². The number of halogens is 1. The van der Waals surface area contributed by atoms with Crippen molar-refractivity contribution >= 4 is 44.9 Å². The van der Waals surface area contributed by atoms with E-state index in [-0.39, 0.29) is 5.56 Å². The number of benzene rings is 1. The fourth-order valence-corrected chi connectivity index (χ4v) is 5.01. The second kappa shape index (κ2) is 7.69. The molecule has 0 aliphatic carbocycles. The van der Waals surface area contributed by atoms with Crippen molar-refractivity contribution in [3.8, 4) is 11.1 Å². The Hall–Kier alpha value is -2.16. The van der Waals surface area contributed by atoms with Gasteiger partial charge in [-0.05, 0) is 6.07 Å². The van der Waals surface area contributed by atoms with Gasteiger partial charge < -0.3 is 9.55 Å². The van der Waals surface area contributed by atoms with E-state index in [0.29, 0.717) is 32.7 Å². The lowest BCUT2D eigenvalue weighted by atomic mass is 10.1. The molecule has 144 valence electrons. The zero-order valence-electron chi connectivity index (χ0n) is 15.6. The highest BCUT2D eigenvalue weighted by Gasteiger charge is 2.16. The Morgan fingerprint density at radius 2 is 2.04 bits per heavy atom. The normalized spacial score (nSPS) is 11.6. The van der Waals surface area contributed by atoms with E-state index in [0.717, 1.165) is 22.1 Å². The summed E-state index contributed by atoms with van der Waals surface area (Å²) in [4.78, 5) is 21.0. The van der Waals surface area contributed by atoms with Gasteiger partial charge in [0.2, 0.25) is 0 Å². The van der Waals surface area contributed by atoms with E-state index in [1.165, 1.54) is 23.1 Å². The van der Waals surface area contributed by atoms with Gasteiger partial charge in [0.1, 0.15) is 16.5 Å². The molecule has 0 saturated carbocycles. The van der Waals surface area contributed by atoms with E-state index in [1.54, 1.807) is 0 Å². The van der Waals surface area contributed by atoms with Crippen molar-refractivity contribution in [3.05, 3.63) is 56.7 Å². The number of fused-ring (bicyclic) bond motifs is 1. The minimum atomic E-state index is -0.155. The summed E-state index contributed by atoms with van der Waals surface area (Å²) in [6, 6.07) is 7.51. The maximum absolute atomic E-state index is 12.8. The first-order chi connectivity index (χ1) is 13.5. The van der Waals surface area contributed by atoms with Crippen LogP contribution in [0.15, 0.2) is 39.6 Å². The molecule has 0 aliphatic rings. The van der Waals surface area contributed by atoms with E-state index < -0.39 is 0 Å². The average Bonchev–Trinajstić information content (AvgIpc) is 3.24. The lowest BCUT2D eigenvalue weighted by Gasteiger charge is -2.06. The van der Waals surface area contributed by atoms with E-state index >= 15 is 0 Å². The third-order valence-corrected chi connectivity index (χ3v) is 6.61. The zero-order chi connectivity index (χ0) is 19.8. The maximum atomic E-state index is 12.8. The van der Waals surface area contributed by atoms with Crippen LogP contribution in [0.1, 0.15) is 31.4 Å². The van der Waals surface area contributed by atoms with Crippen LogP contribution < -0.4 is 5.56 Å². The van der Waals surface area contributed by atoms with Crippen LogP contribution in [-0.2, 0) is 12.8 Å². The van der Waals surface area contributed by atoms with E-state index in [9.17, 15) is 4.79 Å². The molecule has 1 N–H and O–H groups in total. The summed E-state index contributed by atoms with van der Waals surface area (Å²) in [5.74, 6) is 2.36. The Bertz CT molecular complexity index is 1210. The van der Waals surface area contributed by atoms with Crippen LogP contribution in [0.5, 0.6) is 0 Å². The second-order valence-corrected chi connectivity index (χ2v) is 8.87. The molecule has 4 rings (SSSR count). The summed E-state index contributed by atoms with van der Waals surface area (Å²) >= 11 is 9.26. The minimum Gasteiger partial charge on any atom is -0.309 e. The van der Waals surface area contributed by atoms with Gasteiger partial charge in [-0.25, -0.2) is 4.98 Å². The monoisotopic (exact) mass is 431 g/mol. The van der Waals surface area contributed by atoms with Crippen molar-refractivity contribution in [2.45, 2.75) is 30.7 Å². The number of thioether (sulfide) groups is 1. The van der Waals surface area contributed by atoms with E-state index in [1.807, 2.05) is 41.3 Å². The molecule has 0 saturated heterocycles. The third kappa shape index (κ3) is 3.47. The summed E-state index contributed by atoms with van der Waals surface area (Å²) in [7, 11) is 1.95. The van der Waals surface area contributed by atoms with Crippen molar-refractivity contribution in [1.82, 2.24) is 24.7 Å². The topological polar surface area (TPSA) is 76.5 Å². The second-order valence-electron chi connectivity index (χ2n) is 6.67. The molecule has 3 aromatic heterocycles. The highest BCUT2D eigenvalue weighted by molar-refractivity contribution is 7.98. The number of H-pyrrole nitrogens is 1. The number of rotatable bonds is 5. The van der Waals surface area contributed by atoms with Crippen LogP contribution in [-0.4, -0.2) is 24.7 Å².